The van der Waals surface area contributed by atoms with Crippen molar-refractivity contribution in [2.45, 2.75) is 59.1 Å². The van der Waals surface area contributed by atoms with Crippen molar-refractivity contribution in [1.82, 2.24) is 20.4 Å². The average molecular weight is 510 g/mol. The van der Waals surface area contributed by atoms with Crippen molar-refractivity contribution in [1.29, 1.82) is 0 Å². The van der Waals surface area contributed by atoms with Crippen molar-refractivity contribution in [2.75, 3.05) is 60.0 Å². The molecule has 28 heavy (non-hydrogen) atoms. The van der Waals surface area contributed by atoms with Gasteiger partial charge in [0.1, 0.15) is 0 Å². The fourth-order valence-electron chi connectivity index (χ4n) is 4.75. The summed E-state index contributed by atoms with van der Waals surface area (Å²) in [6.07, 6.45) is 3.74. The van der Waals surface area contributed by atoms with Crippen LogP contribution in [0.5, 0.6) is 0 Å². The van der Waals surface area contributed by atoms with Gasteiger partial charge in [-0.25, -0.2) is 0 Å². The lowest BCUT2D eigenvalue weighted by atomic mass is 9.58. The van der Waals surface area contributed by atoms with Gasteiger partial charge in [-0.3, -0.25) is 4.99 Å². The maximum Gasteiger partial charge on any atom is 0.191 e. The summed E-state index contributed by atoms with van der Waals surface area (Å²) in [6, 6.07) is 0.447. The molecule has 2 aliphatic rings. The number of guanidine groups is 1. The normalized spacial score (nSPS) is 26.9. The second-order valence-corrected chi connectivity index (χ2v) is 8.48. The van der Waals surface area contributed by atoms with E-state index < -0.39 is 0 Å². The zero-order valence-corrected chi connectivity index (χ0v) is 21.3. The van der Waals surface area contributed by atoms with E-state index in [2.05, 4.69) is 60.2 Å². The Hall–Kier alpha value is -0.120. The molecule has 1 saturated carbocycles. The Balaban J connectivity index is 0.00000392. The predicted octanol–water partition coefficient (Wildman–Crippen LogP) is 2.64. The van der Waals surface area contributed by atoms with Gasteiger partial charge in [-0.2, -0.15) is 0 Å². The van der Waals surface area contributed by atoms with Gasteiger partial charge in [0.2, 0.25) is 0 Å². The van der Waals surface area contributed by atoms with Gasteiger partial charge in [-0.05, 0) is 39.2 Å². The molecule has 3 atom stereocenters. The first-order valence-electron chi connectivity index (χ1n) is 11.0. The Kier molecular flexibility index (Phi) is 11.6. The Morgan fingerprint density at radius 2 is 1.82 bits per heavy atom. The summed E-state index contributed by atoms with van der Waals surface area (Å²) in [5.41, 5.74) is 0.235. The van der Waals surface area contributed by atoms with E-state index in [0.717, 1.165) is 44.9 Å². The molecule has 1 saturated heterocycles. The number of hydrogen-bond acceptors (Lipinski definition) is 4. The zero-order chi connectivity index (χ0) is 19.9. The average Bonchev–Trinajstić information content (AvgIpc) is 2.66. The van der Waals surface area contributed by atoms with Gasteiger partial charge in [-0.1, -0.05) is 20.8 Å². The SMILES string of the molecule is CCOC1CC(NC(=NC)NCC(C)CN2CCN(C)CC2)C1(CC)CC.I. The van der Waals surface area contributed by atoms with Crippen molar-refractivity contribution in [3.63, 3.8) is 0 Å². The zero-order valence-electron chi connectivity index (χ0n) is 19.0. The van der Waals surface area contributed by atoms with Gasteiger partial charge in [0.15, 0.2) is 5.96 Å². The van der Waals surface area contributed by atoms with Gasteiger partial charge >= 0.3 is 0 Å². The highest BCUT2D eigenvalue weighted by Gasteiger charge is 2.53. The van der Waals surface area contributed by atoms with Crippen LogP contribution in [-0.4, -0.2) is 87.9 Å². The van der Waals surface area contributed by atoms with Gasteiger partial charge in [0.05, 0.1) is 6.10 Å². The molecule has 0 aromatic heterocycles. The van der Waals surface area contributed by atoms with E-state index in [1.807, 2.05) is 7.05 Å². The molecule has 166 valence electrons. The minimum Gasteiger partial charge on any atom is -0.378 e. The summed E-state index contributed by atoms with van der Waals surface area (Å²) >= 11 is 0. The number of aliphatic imine (C=N–C) groups is 1. The summed E-state index contributed by atoms with van der Waals surface area (Å²) in [4.78, 5) is 9.47. The lowest BCUT2D eigenvalue weighted by Crippen LogP contribution is -2.65. The molecule has 1 heterocycles. The van der Waals surface area contributed by atoms with E-state index in [1.165, 1.54) is 26.2 Å². The third-order valence-electron chi connectivity index (χ3n) is 6.79. The molecular weight excluding hydrogens is 465 g/mol. The first kappa shape index (κ1) is 25.9. The number of nitrogens with zero attached hydrogens (tertiary/aromatic N) is 3. The van der Waals surface area contributed by atoms with E-state index in [0.29, 0.717) is 18.1 Å². The molecule has 6 nitrogen and oxygen atoms in total. The molecule has 2 N–H and O–H groups in total. The van der Waals surface area contributed by atoms with E-state index in [4.69, 9.17) is 4.74 Å². The van der Waals surface area contributed by atoms with Crippen molar-refractivity contribution in [3.8, 4) is 0 Å². The van der Waals surface area contributed by atoms with Crippen LogP contribution < -0.4 is 10.6 Å². The minimum atomic E-state index is 0. The molecule has 7 heteroatoms. The summed E-state index contributed by atoms with van der Waals surface area (Å²) < 4.78 is 6.00. The predicted molar refractivity (Wildman–Crippen MR) is 130 cm³/mol. The molecule has 2 rings (SSSR count). The monoisotopic (exact) mass is 509 g/mol. The lowest BCUT2D eigenvalue weighted by Gasteiger charge is -2.55. The Morgan fingerprint density at radius 1 is 1.18 bits per heavy atom. The topological polar surface area (TPSA) is 52.1 Å². The number of likely N-dealkylation sites (N-methyl/N-ethyl adjacent to an activating group) is 1. The number of ether oxygens (including phenoxy) is 1. The minimum absolute atomic E-state index is 0. The van der Waals surface area contributed by atoms with Crippen LogP contribution in [0.2, 0.25) is 0 Å². The van der Waals surface area contributed by atoms with Crippen molar-refractivity contribution < 1.29 is 4.74 Å². The number of hydrogen-bond donors (Lipinski definition) is 2. The molecule has 0 bridgehead atoms. The first-order valence-corrected chi connectivity index (χ1v) is 11.0. The van der Waals surface area contributed by atoms with Gasteiger partial charge in [0, 0.05) is 64.4 Å². The molecule has 2 fully saturated rings. The highest BCUT2D eigenvalue weighted by atomic mass is 127. The smallest absolute Gasteiger partial charge is 0.191 e. The molecule has 0 aromatic rings. The highest BCUT2D eigenvalue weighted by molar-refractivity contribution is 14.0. The molecule has 0 aromatic carbocycles. The fourth-order valence-corrected chi connectivity index (χ4v) is 4.75. The summed E-state index contributed by atoms with van der Waals surface area (Å²) in [5.74, 6) is 1.54. The maximum atomic E-state index is 6.00. The molecular formula is C21H44IN5O. The third kappa shape index (κ3) is 6.44. The van der Waals surface area contributed by atoms with E-state index in [9.17, 15) is 0 Å². The van der Waals surface area contributed by atoms with Crippen molar-refractivity contribution in [3.05, 3.63) is 0 Å². The van der Waals surface area contributed by atoms with Crippen LogP contribution in [-0.2, 0) is 4.74 Å². The van der Waals surface area contributed by atoms with Crippen LogP contribution in [0.25, 0.3) is 0 Å². The van der Waals surface area contributed by atoms with E-state index >= 15 is 0 Å². The number of rotatable bonds is 9. The molecule has 1 aliphatic heterocycles. The quantitative estimate of drug-likeness (QED) is 0.285. The number of nitrogens with one attached hydrogen (secondary N) is 2. The van der Waals surface area contributed by atoms with Crippen LogP contribution in [0.3, 0.4) is 0 Å². The molecule has 0 spiro atoms. The molecule has 0 amide bonds. The summed E-state index contributed by atoms with van der Waals surface area (Å²) in [6.45, 7) is 16.7. The second-order valence-electron chi connectivity index (χ2n) is 8.48. The van der Waals surface area contributed by atoms with Crippen molar-refractivity contribution in [2.24, 2.45) is 16.3 Å². The Bertz CT molecular complexity index is 464. The number of halogens is 1. The lowest BCUT2D eigenvalue weighted by molar-refractivity contribution is -0.133. The molecule has 3 unspecified atom stereocenters. The standard InChI is InChI=1S/C21H43N5O.HI/c1-7-21(8-2)18(14-19(21)27-9-3)24-20(22-5)23-15-17(4)16-26-12-10-25(6)11-13-26;/h17-19H,7-16H2,1-6H3,(H2,22,23,24);1H. The number of piperazine rings is 1. The van der Waals surface area contributed by atoms with Crippen molar-refractivity contribution >= 4 is 29.9 Å². The Morgan fingerprint density at radius 3 is 2.36 bits per heavy atom. The summed E-state index contributed by atoms with van der Waals surface area (Å²) in [7, 11) is 4.08. The fraction of sp³-hybridized carbons (Fsp3) is 0.952. The third-order valence-corrected chi connectivity index (χ3v) is 6.79. The van der Waals surface area contributed by atoms with Crippen LogP contribution in [0.4, 0.5) is 0 Å². The molecule has 0 radical (unpaired) electrons. The Labute approximate surface area is 190 Å². The van der Waals surface area contributed by atoms with Crippen LogP contribution in [0.1, 0.15) is 47.0 Å². The van der Waals surface area contributed by atoms with Crippen LogP contribution in [0, 0.1) is 11.3 Å². The highest BCUT2D eigenvalue weighted by Crippen LogP contribution is 2.48. The first-order chi connectivity index (χ1) is 13.0. The van der Waals surface area contributed by atoms with Crippen LogP contribution >= 0.6 is 24.0 Å². The molecule has 1 aliphatic carbocycles. The largest absolute Gasteiger partial charge is 0.378 e. The maximum absolute atomic E-state index is 6.00. The second kappa shape index (κ2) is 12.5. The van der Waals surface area contributed by atoms with E-state index in [-0.39, 0.29) is 29.4 Å². The van der Waals surface area contributed by atoms with Crippen LogP contribution in [0.15, 0.2) is 4.99 Å². The van der Waals surface area contributed by atoms with E-state index in [1.54, 1.807) is 0 Å². The van der Waals surface area contributed by atoms with Gasteiger partial charge in [-0.15, -0.1) is 24.0 Å². The van der Waals surface area contributed by atoms with Gasteiger partial charge in [0.25, 0.3) is 0 Å². The summed E-state index contributed by atoms with van der Waals surface area (Å²) in [5, 5.41) is 7.25. The van der Waals surface area contributed by atoms with Gasteiger partial charge < -0.3 is 25.2 Å².